The molecule has 0 amide bonds. The Morgan fingerprint density at radius 1 is 1.17 bits per heavy atom. The molecule has 1 aliphatic rings. The fraction of sp³-hybridized carbons (Fsp3) is 0.625. The molecule has 1 fully saturated rings. The first-order valence-corrected chi connectivity index (χ1v) is 7.20. The average molecular weight is 246 g/mol. The van der Waals surface area contributed by atoms with E-state index in [9.17, 15) is 0 Å². The molecule has 1 aliphatic carbocycles. The van der Waals surface area contributed by atoms with Crippen LogP contribution < -0.4 is 11.3 Å². The van der Waals surface area contributed by atoms with Gasteiger partial charge in [0.05, 0.1) is 0 Å². The van der Waals surface area contributed by atoms with Gasteiger partial charge in [-0.2, -0.15) is 0 Å². The topological polar surface area (TPSA) is 38.0 Å². The Bertz CT molecular complexity index is 382. The first-order valence-electron chi connectivity index (χ1n) is 7.20. The molecule has 2 heteroatoms. The van der Waals surface area contributed by atoms with Gasteiger partial charge < -0.3 is 0 Å². The zero-order valence-corrected chi connectivity index (χ0v) is 11.8. The van der Waals surface area contributed by atoms with Crippen molar-refractivity contribution in [3.63, 3.8) is 0 Å². The monoisotopic (exact) mass is 246 g/mol. The van der Waals surface area contributed by atoms with Crippen LogP contribution in [0.5, 0.6) is 0 Å². The van der Waals surface area contributed by atoms with Crippen LogP contribution in [-0.4, -0.2) is 0 Å². The minimum atomic E-state index is 0.266. The Balaban J connectivity index is 2.29. The lowest BCUT2D eigenvalue weighted by Gasteiger charge is -2.33. The van der Waals surface area contributed by atoms with Gasteiger partial charge in [0.15, 0.2) is 0 Å². The van der Waals surface area contributed by atoms with Crippen LogP contribution in [0.15, 0.2) is 24.3 Å². The first kappa shape index (κ1) is 13.6. The van der Waals surface area contributed by atoms with Gasteiger partial charge in [0, 0.05) is 6.04 Å². The maximum Gasteiger partial charge on any atom is 0.0490 e. The van der Waals surface area contributed by atoms with E-state index in [0.29, 0.717) is 11.8 Å². The number of hydrogen-bond donors (Lipinski definition) is 2. The van der Waals surface area contributed by atoms with E-state index in [-0.39, 0.29) is 6.04 Å². The molecule has 2 nitrogen and oxygen atoms in total. The van der Waals surface area contributed by atoms with Gasteiger partial charge >= 0.3 is 0 Å². The Hall–Kier alpha value is -0.860. The van der Waals surface area contributed by atoms with Gasteiger partial charge in [-0.1, -0.05) is 51.5 Å². The summed E-state index contributed by atoms with van der Waals surface area (Å²) in [5.74, 6) is 7.75. The standard InChI is InChI=1S/C16H26N2/c1-11(2)12(3)16(18-17)15-10-5-4-9-14(15)13-7-6-8-13/h4-5,9-13,16,18H,6-8,17H2,1-3H3. The smallest absolute Gasteiger partial charge is 0.0490 e. The molecular formula is C16H26N2. The molecule has 0 heterocycles. The van der Waals surface area contributed by atoms with Gasteiger partial charge in [-0.3, -0.25) is 11.3 Å². The summed E-state index contributed by atoms with van der Waals surface area (Å²) in [5.41, 5.74) is 5.96. The maximum absolute atomic E-state index is 5.82. The third kappa shape index (κ3) is 2.60. The molecule has 0 aromatic heterocycles. The highest BCUT2D eigenvalue weighted by molar-refractivity contribution is 5.34. The molecule has 0 saturated heterocycles. The number of nitrogens with one attached hydrogen (secondary N) is 1. The average Bonchev–Trinajstić information content (AvgIpc) is 2.29. The maximum atomic E-state index is 5.82. The molecule has 2 unspecified atom stereocenters. The van der Waals surface area contributed by atoms with E-state index in [1.165, 1.54) is 30.4 Å². The molecule has 100 valence electrons. The molecule has 0 bridgehead atoms. The highest BCUT2D eigenvalue weighted by atomic mass is 15.2. The normalized spacial score (nSPS) is 19.6. The van der Waals surface area contributed by atoms with Gasteiger partial charge in [0.1, 0.15) is 0 Å². The minimum absolute atomic E-state index is 0.266. The van der Waals surface area contributed by atoms with Crippen LogP contribution in [-0.2, 0) is 0 Å². The molecule has 1 aromatic rings. The van der Waals surface area contributed by atoms with Crippen molar-refractivity contribution in [3.05, 3.63) is 35.4 Å². The van der Waals surface area contributed by atoms with Gasteiger partial charge in [-0.25, -0.2) is 0 Å². The lowest BCUT2D eigenvalue weighted by molar-refractivity contribution is 0.301. The number of benzene rings is 1. The molecular weight excluding hydrogens is 220 g/mol. The summed E-state index contributed by atoms with van der Waals surface area (Å²) < 4.78 is 0. The van der Waals surface area contributed by atoms with Crippen LogP contribution in [0.4, 0.5) is 0 Å². The van der Waals surface area contributed by atoms with E-state index in [1.54, 1.807) is 0 Å². The van der Waals surface area contributed by atoms with Gasteiger partial charge in [0.2, 0.25) is 0 Å². The lowest BCUT2D eigenvalue weighted by atomic mass is 9.75. The Kier molecular flexibility index (Phi) is 4.41. The van der Waals surface area contributed by atoms with Crippen molar-refractivity contribution in [2.24, 2.45) is 17.7 Å². The van der Waals surface area contributed by atoms with Crippen molar-refractivity contribution in [1.82, 2.24) is 5.43 Å². The van der Waals surface area contributed by atoms with E-state index in [1.807, 2.05) is 0 Å². The van der Waals surface area contributed by atoms with Gasteiger partial charge in [-0.15, -0.1) is 0 Å². The van der Waals surface area contributed by atoms with E-state index < -0.39 is 0 Å². The summed E-state index contributed by atoms with van der Waals surface area (Å²) in [6, 6.07) is 9.09. The summed E-state index contributed by atoms with van der Waals surface area (Å²) in [5, 5.41) is 0. The SMILES string of the molecule is CC(C)C(C)C(NN)c1ccccc1C1CCC1. The molecule has 2 atom stereocenters. The van der Waals surface area contributed by atoms with Gasteiger partial charge in [0.25, 0.3) is 0 Å². The number of rotatable bonds is 5. The molecule has 0 spiro atoms. The Labute approximate surface area is 111 Å². The largest absolute Gasteiger partial charge is 0.271 e. The predicted octanol–water partition coefficient (Wildman–Crippen LogP) is 3.75. The third-order valence-electron chi connectivity index (χ3n) is 4.63. The fourth-order valence-corrected chi connectivity index (χ4v) is 2.79. The van der Waals surface area contributed by atoms with E-state index in [2.05, 4.69) is 50.5 Å². The van der Waals surface area contributed by atoms with E-state index in [0.717, 1.165) is 5.92 Å². The van der Waals surface area contributed by atoms with Crippen molar-refractivity contribution in [2.75, 3.05) is 0 Å². The minimum Gasteiger partial charge on any atom is -0.271 e. The molecule has 2 rings (SSSR count). The van der Waals surface area contributed by atoms with Crippen molar-refractivity contribution >= 4 is 0 Å². The Morgan fingerprint density at radius 3 is 2.33 bits per heavy atom. The van der Waals surface area contributed by atoms with Crippen LogP contribution in [0.25, 0.3) is 0 Å². The second-order valence-corrected chi connectivity index (χ2v) is 6.00. The van der Waals surface area contributed by atoms with Crippen LogP contribution >= 0.6 is 0 Å². The molecule has 0 aliphatic heterocycles. The number of nitrogens with two attached hydrogens (primary N) is 1. The molecule has 18 heavy (non-hydrogen) atoms. The predicted molar refractivity (Wildman–Crippen MR) is 77.1 cm³/mol. The summed E-state index contributed by atoms with van der Waals surface area (Å²) >= 11 is 0. The van der Waals surface area contributed by atoms with Crippen LogP contribution in [0.3, 0.4) is 0 Å². The molecule has 3 N–H and O–H groups in total. The van der Waals surface area contributed by atoms with E-state index >= 15 is 0 Å². The second-order valence-electron chi connectivity index (χ2n) is 6.00. The third-order valence-corrected chi connectivity index (χ3v) is 4.63. The highest BCUT2D eigenvalue weighted by Gasteiger charge is 2.27. The van der Waals surface area contributed by atoms with Crippen molar-refractivity contribution < 1.29 is 0 Å². The second kappa shape index (κ2) is 5.85. The number of hydrogen-bond acceptors (Lipinski definition) is 2. The summed E-state index contributed by atoms with van der Waals surface area (Å²) in [4.78, 5) is 0. The van der Waals surface area contributed by atoms with Crippen molar-refractivity contribution in [1.29, 1.82) is 0 Å². The zero-order valence-electron chi connectivity index (χ0n) is 11.8. The molecule has 0 radical (unpaired) electrons. The fourth-order valence-electron chi connectivity index (χ4n) is 2.79. The van der Waals surface area contributed by atoms with Crippen LogP contribution in [0, 0.1) is 11.8 Å². The summed E-state index contributed by atoms with van der Waals surface area (Å²) in [7, 11) is 0. The van der Waals surface area contributed by atoms with Gasteiger partial charge in [-0.05, 0) is 41.7 Å². The van der Waals surface area contributed by atoms with E-state index in [4.69, 9.17) is 5.84 Å². The summed E-state index contributed by atoms with van der Waals surface area (Å²) in [6.07, 6.45) is 4.05. The highest BCUT2D eigenvalue weighted by Crippen LogP contribution is 2.41. The van der Waals surface area contributed by atoms with Crippen LogP contribution in [0.1, 0.15) is 63.1 Å². The summed E-state index contributed by atoms with van der Waals surface area (Å²) in [6.45, 7) is 6.81. The lowest BCUT2D eigenvalue weighted by Crippen LogP contribution is -2.35. The van der Waals surface area contributed by atoms with Crippen molar-refractivity contribution in [3.8, 4) is 0 Å². The molecule has 1 saturated carbocycles. The quantitative estimate of drug-likeness (QED) is 0.613. The first-order chi connectivity index (χ1) is 8.65. The van der Waals surface area contributed by atoms with Crippen molar-refractivity contribution in [2.45, 2.75) is 52.0 Å². The molecule has 1 aromatic carbocycles. The van der Waals surface area contributed by atoms with Crippen LogP contribution in [0.2, 0.25) is 0 Å². The number of hydrazine groups is 1. The zero-order chi connectivity index (χ0) is 13.1. The Morgan fingerprint density at radius 2 is 1.83 bits per heavy atom.